The topological polar surface area (TPSA) is 55.4 Å². The van der Waals surface area contributed by atoms with E-state index >= 15 is 0 Å². The molecule has 0 bridgehead atoms. The van der Waals surface area contributed by atoms with Gasteiger partial charge in [-0.05, 0) is 29.8 Å². The first-order chi connectivity index (χ1) is 10.1. The number of rotatable bonds is 5. The van der Waals surface area contributed by atoms with Gasteiger partial charge in [0.05, 0.1) is 6.54 Å². The van der Waals surface area contributed by atoms with Crippen LogP contribution in [0.15, 0.2) is 54.6 Å². The van der Waals surface area contributed by atoms with E-state index in [1.807, 2.05) is 30.3 Å². The number of alkyl carbamates (subject to hydrolysis) is 1. The molecule has 0 radical (unpaired) electrons. The van der Waals surface area contributed by atoms with Crippen molar-refractivity contribution < 1.29 is 14.3 Å². The van der Waals surface area contributed by atoms with Crippen LogP contribution < -0.4 is 5.32 Å². The number of ketones is 1. The van der Waals surface area contributed by atoms with Gasteiger partial charge in [0.2, 0.25) is 0 Å². The summed E-state index contributed by atoms with van der Waals surface area (Å²) in [7, 11) is 0. The standard InChI is InChI=1S/C16H14ClNO3/c17-14-8-6-13(7-9-14)15(19)10-18-16(20)21-11-12-4-2-1-3-5-12/h1-9H,10-11H2,(H,18,20). The second-order valence-electron chi connectivity index (χ2n) is 4.35. The summed E-state index contributed by atoms with van der Waals surface area (Å²) in [5.74, 6) is -0.205. The predicted molar refractivity (Wildman–Crippen MR) is 80.4 cm³/mol. The lowest BCUT2D eigenvalue weighted by Crippen LogP contribution is -2.30. The van der Waals surface area contributed by atoms with Crippen molar-refractivity contribution in [3.8, 4) is 0 Å². The van der Waals surface area contributed by atoms with E-state index in [1.54, 1.807) is 24.3 Å². The maximum atomic E-state index is 11.8. The van der Waals surface area contributed by atoms with Gasteiger partial charge in [0.15, 0.2) is 5.78 Å². The van der Waals surface area contributed by atoms with E-state index in [9.17, 15) is 9.59 Å². The summed E-state index contributed by atoms with van der Waals surface area (Å²) < 4.78 is 5.01. The summed E-state index contributed by atoms with van der Waals surface area (Å²) in [4.78, 5) is 23.3. The minimum Gasteiger partial charge on any atom is -0.445 e. The molecule has 0 aliphatic heterocycles. The van der Waals surface area contributed by atoms with Crippen molar-refractivity contribution in [2.75, 3.05) is 6.54 Å². The fourth-order valence-electron chi connectivity index (χ4n) is 1.66. The summed E-state index contributed by atoms with van der Waals surface area (Å²) in [5, 5.41) is 2.98. The molecule has 108 valence electrons. The molecule has 0 fully saturated rings. The van der Waals surface area contributed by atoms with Crippen LogP contribution in [0.25, 0.3) is 0 Å². The van der Waals surface area contributed by atoms with Crippen molar-refractivity contribution in [2.45, 2.75) is 6.61 Å². The van der Waals surface area contributed by atoms with Crippen LogP contribution in [0.4, 0.5) is 4.79 Å². The number of carbonyl (C=O) groups excluding carboxylic acids is 2. The van der Waals surface area contributed by atoms with Gasteiger partial charge in [0, 0.05) is 10.6 Å². The zero-order chi connectivity index (χ0) is 15.1. The van der Waals surface area contributed by atoms with Gasteiger partial charge in [-0.2, -0.15) is 0 Å². The molecule has 0 unspecified atom stereocenters. The molecule has 1 N–H and O–H groups in total. The molecule has 0 saturated heterocycles. The van der Waals surface area contributed by atoms with E-state index in [1.165, 1.54) is 0 Å². The number of hydrogen-bond acceptors (Lipinski definition) is 3. The molecular formula is C16H14ClNO3. The largest absolute Gasteiger partial charge is 0.445 e. The van der Waals surface area contributed by atoms with Crippen molar-refractivity contribution in [1.82, 2.24) is 5.32 Å². The molecule has 0 aromatic heterocycles. The highest BCUT2D eigenvalue weighted by molar-refractivity contribution is 6.30. The molecule has 0 aliphatic rings. The molecule has 1 amide bonds. The maximum absolute atomic E-state index is 11.8. The molecule has 5 heteroatoms. The van der Waals surface area contributed by atoms with Gasteiger partial charge in [0.25, 0.3) is 0 Å². The summed E-state index contributed by atoms with van der Waals surface area (Å²) in [6.45, 7) is 0.0526. The Bertz CT molecular complexity index is 611. The molecule has 0 atom stereocenters. The van der Waals surface area contributed by atoms with Gasteiger partial charge >= 0.3 is 6.09 Å². The van der Waals surface area contributed by atoms with E-state index < -0.39 is 6.09 Å². The number of carbonyl (C=O) groups is 2. The Morgan fingerprint density at radius 1 is 1.00 bits per heavy atom. The third kappa shape index (κ3) is 4.93. The molecule has 21 heavy (non-hydrogen) atoms. The summed E-state index contributed by atoms with van der Waals surface area (Å²) in [6, 6.07) is 15.8. The average Bonchev–Trinajstić information content (AvgIpc) is 2.52. The number of benzene rings is 2. The third-order valence-corrected chi connectivity index (χ3v) is 3.02. The van der Waals surface area contributed by atoms with E-state index in [2.05, 4.69) is 5.32 Å². The highest BCUT2D eigenvalue weighted by atomic mass is 35.5. The van der Waals surface area contributed by atoms with Gasteiger partial charge in [-0.3, -0.25) is 4.79 Å². The van der Waals surface area contributed by atoms with Crippen LogP contribution in [0.5, 0.6) is 0 Å². The number of hydrogen-bond donors (Lipinski definition) is 1. The maximum Gasteiger partial charge on any atom is 0.407 e. The summed E-state index contributed by atoms with van der Waals surface area (Å²) >= 11 is 5.74. The molecule has 2 rings (SSSR count). The van der Waals surface area contributed by atoms with Crippen LogP contribution in [0.1, 0.15) is 15.9 Å². The predicted octanol–water partition coefficient (Wildman–Crippen LogP) is 3.45. The molecule has 0 saturated carbocycles. The normalized spacial score (nSPS) is 9.95. The van der Waals surface area contributed by atoms with E-state index in [4.69, 9.17) is 16.3 Å². The zero-order valence-corrected chi connectivity index (χ0v) is 12.0. The first kappa shape index (κ1) is 15.1. The Balaban J connectivity index is 1.76. The molecule has 0 aliphatic carbocycles. The second-order valence-corrected chi connectivity index (χ2v) is 4.78. The highest BCUT2D eigenvalue weighted by Gasteiger charge is 2.08. The van der Waals surface area contributed by atoms with Crippen molar-refractivity contribution in [1.29, 1.82) is 0 Å². The number of halogens is 1. The van der Waals surface area contributed by atoms with Crippen molar-refractivity contribution >= 4 is 23.5 Å². The lowest BCUT2D eigenvalue weighted by molar-refractivity contribution is 0.0974. The van der Waals surface area contributed by atoms with Gasteiger partial charge in [-0.15, -0.1) is 0 Å². The smallest absolute Gasteiger partial charge is 0.407 e. The van der Waals surface area contributed by atoms with Crippen molar-refractivity contribution in [2.24, 2.45) is 0 Å². The van der Waals surface area contributed by atoms with Gasteiger partial charge in [-0.25, -0.2) is 4.79 Å². The first-order valence-electron chi connectivity index (χ1n) is 6.38. The van der Waals surface area contributed by atoms with Crippen molar-refractivity contribution in [3.05, 3.63) is 70.7 Å². The van der Waals surface area contributed by atoms with Gasteiger partial charge in [-0.1, -0.05) is 41.9 Å². The lowest BCUT2D eigenvalue weighted by Gasteiger charge is -2.06. The third-order valence-electron chi connectivity index (χ3n) is 2.77. The highest BCUT2D eigenvalue weighted by Crippen LogP contribution is 2.09. The number of Topliss-reactive ketones (excluding diaryl/α,β-unsaturated/α-hetero) is 1. The number of amides is 1. The fraction of sp³-hybridized carbons (Fsp3) is 0.125. The second kappa shape index (κ2) is 7.45. The summed E-state index contributed by atoms with van der Waals surface area (Å²) in [6.07, 6.45) is -0.624. The van der Waals surface area contributed by atoms with Crippen LogP contribution in [0, 0.1) is 0 Å². The molecule has 4 nitrogen and oxygen atoms in total. The Kier molecular flexibility index (Phi) is 5.35. The molecule has 2 aromatic carbocycles. The quantitative estimate of drug-likeness (QED) is 0.861. The number of nitrogens with one attached hydrogen (secondary N) is 1. The van der Waals surface area contributed by atoms with Crippen molar-refractivity contribution in [3.63, 3.8) is 0 Å². The molecular weight excluding hydrogens is 290 g/mol. The Labute approximate surface area is 127 Å². The first-order valence-corrected chi connectivity index (χ1v) is 6.76. The average molecular weight is 304 g/mol. The van der Waals surface area contributed by atoms with E-state index in [-0.39, 0.29) is 18.9 Å². The minimum absolute atomic E-state index is 0.116. The van der Waals surface area contributed by atoms with Gasteiger partial charge in [0.1, 0.15) is 6.61 Å². The van der Waals surface area contributed by atoms with Crippen LogP contribution in [-0.2, 0) is 11.3 Å². The molecule has 2 aromatic rings. The fourth-order valence-corrected chi connectivity index (χ4v) is 1.79. The Hall–Kier alpha value is -2.33. The monoisotopic (exact) mass is 303 g/mol. The Morgan fingerprint density at radius 3 is 2.33 bits per heavy atom. The molecule has 0 spiro atoms. The van der Waals surface area contributed by atoms with Crippen LogP contribution >= 0.6 is 11.6 Å². The van der Waals surface area contributed by atoms with Crippen LogP contribution in [-0.4, -0.2) is 18.4 Å². The minimum atomic E-state index is -0.624. The van der Waals surface area contributed by atoms with Crippen LogP contribution in [0.3, 0.4) is 0 Å². The Morgan fingerprint density at radius 2 is 1.67 bits per heavy atom. The van der Waals surface area contributed by atoms with Gasteiger partial charge < -0.3 is 10.1 Å². The zero-order valence-electron chi connectivity index (χ0n) is 11.2. The van der Waals surface area contributed by atoms with E-state index in [0.717, 1.165) is 5.56 Å². The molecule has 0 heterocycles. The van der Waals surface area contributed by atoms with Crippen LogP contribution in [0.2, 0.25) is 5.02 Å². The summed E-state index contributed by atoms with van der Waals surface area (Å²) in [5.41, 5.74) is 1.37. The SMILES string of the molecule is O=C(NCC(=O)c1ccc(Cl)cc1)OCc1ccccc1. The van der Waals surface area contributed by atoms with E-state index in [0.29, 0.717) is 10.6 Å². The lowest BCUT2D eigenvalue weighted by atomic mass is 10.1. The number of ether oxygens (including phenoxy) is 1.